The second-order valence-corrected chi connectivity index (χ2v) is 14.5. The molecule has 5 aromatic rings. The lowest BCUT2D eigenvalue weighted by Gasteiger charge is -2.25. The van der Waals surface area contributed by atoms with Gasteiger partial charge >= 0.3 is 0 Å². The van der Waals surface area contributed by atoms with Gasteiger partial charge in [-0.25, -0.2) is 4.98 Å². The highest BCUT2D eigenvalue weighted by Gasteiger charge is 2.19. The summed E-state index contributed by atoms with van der Waals surface area (Å²) in [6.45, 7) is 3.42. The standard InChI is InChI=1S/C41H51N7O2/c1-45(2)24-35(25-46(3)4)49-33-16-11-28(12-17-33)38-23-32-10-9-30(21-39(32)42-38)31-15-20-37-40(22-31)44-41(43-37)29-13-18-34(19-14-29)50-36(26-47(5)6)27-48(7)8/h9-22,35-36H,23-27H2,1-8H3,(H,43,44). The second-order valence-electron chi connectivity index (χ2n) is 14.5. The molecule has 1 aromatic heterocycles. The average Bonchev–Trinajstić information content (AvgIpc) is 3.68. The Morgan fingerprint density at radius 1 is 0.580 bits per heavy atom. The van der Waals surface area contributed by atoms with Gasteiger partial charge in [-0.1, -0.05) is 18.2 Å². The van der Waals surface area contributed by atoms with Crippen molar-refractivity contribution in [1.82, 2.24) is 29.6 Å². The van der Waals surface area contributed by atoms with Gasteiger partial charge in [-0.05, 0) is 145 Å². The van der Waals surface area contributed by atoms with Crippen molar-refractivity contribution in [3.63, 3.8) is 0 Å². The van der Waals surface area contributed by atoms with Gasteiger partial charge in [0.05, 0.1) is 22.4 Å². The van der Waals surface area contributed by atoms with Gasteiger partial charge in [-0.2, -0.15) is 0 Å². The third-order valence-corrected chi connectivity index (χ3v) is 8.71. The Balaban J connectivity index is 1.14. The molecule has 0 bridgehead atoms. The third kappa shape index (κ3) is 8.97. The summed E-state index contributed by atoms with van der Waals surface area (Å²) in [7, 11) is 16.6. The Morgan fingerprint density at radius 3 is 1.60 bits per heavy atom. The van der Waals surface area contributed by atoms with Gasteiger partial charge in [-0.15, -0.1) is 0 Å². The molecule has 2 heterocycles. The number of imidazole rings is 1. The molecule has 0 spiro atoms. The van der Waals surface area contributed by atoms with Crippen LogP contribution < -0.4 is 9.47 Å². The minimum Gasteiger partial charge on any atom is -0.488 e. The Labute approximate surface area is 297 Å². The molecule has 4 aromatic carbocycles. The molecule has 9 heteroatoms. The van der Waals surface area contributed by atoms with Crippen LogP contribution in [0, 0.1) is 0 Å². The largest absolute Gasteiger partial charge is 0.488 e. The van der Waals surface area contributed by atoms with Crippen LogP contribution in [0.2, 0.25) is 0 Å². The smallest absolute Gasteiger partial charge is 0.138 e. The molecule has 0 amide bonds. The minimum atomic E-state index is 0.0816. The third-order valence-electron chi connectivity index (χ3n) is 8.71. The zero-order chi connectivity index (χ0) is 35.4. The van der Waals surface area contributed by atoms with Crippen molar-refractivity contribution < 1.29 is 9.47 Å². The van der Waals surface area contributed by atoms with E-state index in [4.69, 9.17) is 19.5 Å². The first kappa shape index (κ1) is 35.3. The fraction of sp³-hybridized carbons (Fsp3) is 0.366. The van der Waals surface area contributed by atoms with E-state index in [1.54, 1.807) is 0 Å². The van der Waals surface area contributed by atoms with E-state index >= 15 is 0 Å². The summed E-state index contributed by atoms with van der Waals surface area (Å²) in [6, 6.07) is 29.6. The van der Waals surface area contributed by atoms with Gasteiger partial charge in [0.2, 0.25) is 0 Å². The Morgan fingerprint density at radius 2 is 1.06 bits per heavy atom. The van der Waals surface area contributed by atoms with Crippen molar-refractivity contribution in [3.8, 4) is 34.0 Å². The van der Waals surface area contributed by atoms with Crippen LogP contribution in [0.15, 0.2) is 89.9 Å². The summed E-state index contributed by atoms with van der Waals surface area (Å²) >= 11 is 0. The molecule has 0 unspecified atom stereocenters. The molecule has 0 fully saturated rings. The van der Waals surface area contributed by atoms with Crippen LogP contribution in [0.1, 0.15) is 11.1 Å². The molecule has 0 radical (unpaired) electrons. The molecular weight excluding hydrogens is 622 g/mol. The molecule has 9 nitrogen and oxygen atoms in total. The van der Waals surface area contributed by atoms with Crippen molar-refractivity contribution in [1.29, 1.82) is 0 Å². The Kier molecular flexibility index (Phi) is 11.0. The van der Waals surface area contributed by atoms with E-state index in [0.29, 0.717) is 0 Å². The molecule has 0 saturated heterocycles. The molecule has 262 valence electrons. The van der Waals surface area contributed by atoms with Crippen LogP contribution in [-0.4, -0.2) is 130 Å². The molecule has 50 heavy (non-hydrogen) atoms. The predicted molar refractivity (Wildman–Crippen MR) is 206 cm³/mol. The molecule has 0 aliphatic carbocycles. The van der Waals surface area contributed by atoms with Crippen molar-refractivity contribution in [2.75, 3.05) is 82.6 Å². The number of H-pyrrole nitrogens is 1. The maximum absolute atomic E-state index is 6.34. The highest BCUT2D eigenvalue weighted by molar-refractivity contribution is 6.07. The second kappa shape index (κ2) is 15.6. The fourth-order valence-corrected chi connectivity index (χ4v) is 6.55. The minimum absolute atomic E-state index is 0.0816. The SMILES string of the molecule is CN(C)CC(CN(C)C)Oc1ccc(C2=Nc3cc(-c4ccc5nc(-c6ccc(OC(CN(C)C)CN(C)C)cc6)[nH]c5c4)ccc3C2)cc1. The number of nitrogens with zero attached hydrogens (tertiary/aromatic N) is 6. The van der Waals surface area contributed by atoms with Crippen molar-refractivity contribution in [2.45, 2.75) is 18.6 Å². The van der Waals surface area contributed by atoms with Crippen LogP contribution in [-0.2, 0) is 6.42 Å². The van der Waals surface area contributed by atoms with Crippen molar-refractivity contribution in [2.24, 2.45) is 4.99 Å². The lowest BCUT2D eigenvalue weighted by molar-refractivity contribution is 0.128. The summed E-state index contributed by atoms with van der Waals surface area (Å²) in [5.74, 6) is 2.58. The molecule has 6 rings (SSSR count). The van der Waals surface area contributed by atoms with Crippen molar-refractivity contribution in [3.05, 3.63) is 96.1 Å². The summed E-state index contributed by atoms with van der Waals surface area (Å²) in [4.78, 5) is 22.1. The van der Waals surface area contributed by atoms with E-state index in [1.807, 2.05) is 12.1 Å². The van der Waals surface area contributed by atoms with Gasteiger partial charge in [-0.3, -0.25) is 4.99 Å². The molecule has 1 N–H and O–H groups in total. The first-order valence-electron chi connectivity index (χ1n) is 17.3. The number of hydrogen-bond acceptors (Lipinski definition) is 8. The molecular formula is C41H51N7O2. The zero-order valence-electron chi connectivity index (χ0n) is 30.8. The van der Waals surface area contributed by atoms with Gasteiger partial charge < -0.3 is 34.1 Å². The lowest BCUT2D eigenvalue weighted by Crippen LogP contribution is -2.38. The van der Waals surface area contributed by atoms with E-state index in [-0.39, 0.29) is 12.2 Å². The molecule has 0 saturated carbocycles. The molecule has 1 aliphatic heterocycles. The van der Waals surface area contributed by atoms with E-state index in [9.17, 15) is 0 Å². The van der Waals surface area contributed by atoms with Crippen LogP contribution in [0.25, 0.3) is 33.5 Å². The summed E-state index contributed by atoms with van der Waals surface area (Å²) < 4.78 is 12.7. The van der Waals surface area contributed by atoms with Gasteiger partial charge in [0.1, 0.15) is 29.5 Å². The topological polar surface area (TPSA) is 72.5 Å². The van der Waals surface area contributed by atoms with E-state index in [2.05, 4.69) is 154 Å². The van der Waals surface area contributed by atoms with Crippen LogP contribution in [0.4, 0.5) is 5.69 Å². The van der Waals surface area contributed by atoms with Crippen LogP contribution in [0.3, 0.4) is 0 Å². The Hall–Kier alpha value is -4.54. The summed E-state index contributed by atoms with van der Waals surface area (Å²) in [5, 5.41) is 0. The highest BCUT2D eigenvalue weighted by Crippen LogP contribution is 2.35. The molecule has 0 atom stereocenters. The number of benzene rings is 4. The van der Waals surface area contributed by atoms with Crippen LogP contribution >= 0.6 is 0 Å². The predicted octanol–water partition coefficient (Wildman–Crippen LogP) is 6.32. The number of nitrogens with one attached hydrogen (secondary N) is 1. The Bertz CT molecular complexity index is 1890. The number of rotatable bonds is 15. The lowest BCUT2D eigenvalue weighted by atomic mass is 10.00. The first-order valence-corrected chi connectivity index (χ1v) is 17.3. The maximum atomic E-state index is 6.34. The summed E-state index contributed by atoms with van der Waals surface area (Å²) in [6.07, 6.45) is 0.993. The number of ether oxygens (including phenoxy) is 2. The number of aromatic amines is 1. The van der Waals surface area contributed by atoms with E-state index in [1.165, 1.54) is 5.56 Å². The molecule has 1 aliphatic rings. The van der Waals surface area contributed by atoms with Gasteiger partial charge in [0, 0.05) is 38.2 Å². The quantitative estimate of drug-likeness (QED) is 0.140. The number of hydrogen-bond donors (Lipinski definition) is 1. The highest BCUT2D eigenvalue weighted by atomic mass is 16.5. The number of fused-ring (bicyclic) bond motifs is 2. The van der Waals surface area contributed by atoms with Gasteiger partial charge in [0.25, 0.3) is 0 Å². The van der Waals surface area contributed by atoms with Crippen LogP contribution in [0.5, 0.6) is 11.5 Å². The summed E-state index contributed by atoms with van der Waals surface area (Å²) in [5.41, 5.74) is 9.70. The zero-order valence-corrected chi connectivity index (χ0v) is 30.8. The number of aromatic nitrogens is 2. The number of aliphatic imine (C=N–C) groups is 1. The maximum Gasteiger partial charge on any atom is 0.138 e. The van der Waals surface area contributed by atoms with E-state index < -0.39 is 0 Å². The average molecular weight is 674 g/mol. The fourth-order valence-electron chi connectivity index (χ4n) is 6.55. The normalized spacial score (nSPS) is 13.0. The van der Waals surface area contributed by atoms with E-state index in [0.717, 1.165) is 94.6 Å². The van der Waals surface area contributed by atoms with Crippen molar-refractivity contribution >= 4 is 22.4 Å². The first-order chi connectivity index (χ1) is 24.0. The monoisotopic (exact) mass is 673 g/mol. The van der Waals surface area contributed by atoms with Gasteiger partial charge in [0.15, 0.2) is 0 Å². The number of likely N-dealkylation sites (N-methyl/N-ethyl adjacent to an activating group) is 4.